The van der Waals surface area contributed by atoms with Gasteiger partial charge >= 0.3 is 0 Å². The van der Waals surface area contributed by atoms with Crippen molar-refractivity contribution in [3.05, 3.63) is 54.0 Å². The molecule has 0 amide bonds. The summed E-state index contributed by atoms with van der Waals surface area (Å²) in [5, 5.41) is 9.06. The summed E-state index contributed by atoms with van der Waals surface area (Å²) in [6.07, 6.45) is 5.20. The summed E-state index contributed by atoms with van der Waals surface area (Å²) in [5.74, 6) is 1.57. The van der Waals surface area contributed by atoms with Crippen molar-refractivity contribution in [3.63, 3.8) is 0 Å². The number of likely N-dealkylation sites (tertiary alicyclic amines) is 1. The zero-order valence-corrected chi connectivity index (χ0v) is 14.4. The fourth-order valence-corrected chi connectivity index (χ4v) is 4.31. The van der Waals surface area contributed by atoms with Crippen LogP contribution in [0.15, 0.2) is 42.7 Å². The minimum absolute atomic E-state index is 0.446. The second-order valence-corrected chi connectivity index (χ2v) is 7.03. The summed E-state index contributed by atoms with van der Waals surface area (Å²) in [7, 11) is 0. The fourth-order valence-electron chi connectivity index (χ4n) is 4.31. The van der Waals surface area contributed by atoms with Crippen LogP contribution in [0.5, 0.6) is 0 Å². The third kappa shape index (κ3) is 3.49. The Hall–Kier alpha value is -2.45. The van der Waals surface area contributed by atoms with E-state index in [2.05, 4.69) is 56.2 Å². The van der Waals surface area contributed by atoms with Gasteiger partial charge in [-0.1, -0.05) is 30.3 Å². The topological polar surface area (TPSA) is 56.1 Å². The molecule has 2 aliphatic rings. The van der Waals surface area contributed by atoms with Crippen LogP contribution in [-0.4, -0.2) is 40.5 Å². The first-order valence-corrected chi connectivity index (χ1v) is 9.08. The monoisotopic (exact) mass is 333 g/mol. The van der Waals surface area contributed by atoms with Crippen molar-refractivity contribution in [2.24, 2.45) is 5.92 Å². The Morgan fingerprint density at radius 3 is 2.84 bits per heavy atom. The molecule has 0 aliphatic carbocycles. The fraction of sp³-hybridized carbons (Fsp3) is 0.450. The first-order valence-electron chi connectivity index (χ1n) is 9.08. The van der Waals surface area contributed by atoms with Gasteiger partial charge in [0.15, 0.2) is 0 Å². The first-order chi connectivity index (χ1) is 12.3. The summed E-state index contributed by atoms with van der Waals surface area (Å²) in [4.78, 5) is 13.4. The summed E-state index contributed by atoms with van der Waals surface area (Å²) in [6, 6.07) is 15.4. The average molecular weight is 333 g/mol. The molecule has 25 heavy (non-hydrogen) atoms. The second kappa shape index (κ2) is 7.20. The minimum Gasteiger partial charge on any atom is -0.356 e. The first kappa shape index (κ1) is 16.0. The predicted octanol–water partition coefficient (Wildman–Crippen LogP) is 2.84. The molecule has 2 fully saturated rings. The lowest BCUT2D eigenvalue weighted by Crippen LogP contribution is -2.53. The third-order valence-electron chi connectivity index (χ3n) is 5.50. The van der Waals surface area contributed by atoms with E-state index in [1.165, 1.54) is 31.3 Å². The SMILES string of the molecule is N#Cc1cc(N2CC[C@H]3[C@@H](CCCN3Cc3ccccc3)C2)ncn1. The van der Waals surface area contributed by atoms with Crippen molar-refractivity contribution in [1.29, 1.82) is 5.26 Å². The molecule has 2 saturated heterocycles. The largest absolute Gasteiger partial charge is 0.356 e. The number of hydrogen-bond donors (Lipinski definition) is 0. The molecule has 2 aliphatic heterocycles. The van der Waals surface area contributed by atoms with Gasteiger partial charge in [-0.25, -0.2) is 9.97 Å². The highest BCUT2D eigenvalue weighted by molar-refractivity contribution is 5.42. The van der Waals surface area contributed by atoms with E-state index in [-0.39, 0.29) is 0 Å². The number of hydrogen-bond acceptors (Lipinski definition) is 5. The molecule has 5 nitrogen and oxygen atoms in total. The Bertz CT molecular complexity index is 754. The lowest BCUT2D eigenvalue weighted by atomic mass is 9.83. The smallest absolute Gasteiger partial charge is 0.145 e. The molecule has 5 heteroatoms. The molecule has 0 N–H and O–H groups in total. The molecular formula is C20H23N5. The van der Waals surface area contributed by atoms with Crippen LogP contribution in [0, 0.1) is 17.2 Å². The van der Waals surface area contributed by atoms with Gasteiger partial charge < -0.3 is 4.90 Å². The molecule has 1 aromatic carbocycles. The van der Waals surface area contributed by atoms with Gasteiger partial charge in [0, 0.05) is 31.7 Å². The third-order valence-corrected chi connectivity index (χ3v) is 5.50. The van der Waals surface area contributed by atoms with E-state index in [9.17, 15) is 0 Å². The van der Waals surface area contributed by atoms with Crippen LogP contribution in [0.1, 0.15) is 30.5 Å². The van der Waals surface area contributed by atoms with Crippen molar-refractivity contribution in [2.75, 3.05) is 24.5 Å². The zero-order chi connectivity index (χ0) is 17.1. The average Bonchev–Trinajstić information content (AvgIpc) is 2.69. The minimum atomic E-state index is 0.446. The lowest BCUT2D eigenvalue weighted by molar-refractivity contribution is 0.0700. The Labute approximate surface area is 148 Å². The van der Waals surface area contributed by atoms with E-state index in [1.54, 1.807) is 0 Å². The van der Waals surface area contributed by atoms with E-state index >= 15 is 0 Å². The maximum Gasteiger partial charge on any atom is 0.145 e. The van der Waals surface area contributed by atoms with E-state index in [1.807, 2.05) is 6.07 Å². The Kier molecular flexibility index (Phi) is 4.62. The quantitative estimate of drug-likeness (QED) is 0.864. The molecule has 0 spiro atoms. The molecule has 3 heterocycles. The van der Waals surface area contributed by atoms with E-state index < -0.39 is 0 Å². The number of nitrogens with zero attached hydrogens (tertiary/aromatic N) is 5. The summed E-state index contributed by atoms with van der Waals surface area (Å²) in [5.41, 5.74) is 1.85. The van der Waals surface area contributed by atoms with Crippen LogP contribution in [-0.2, 0) is 6.54 Å². The van der Waals surface area contributed by atoms with Crippen LogP contribution >= 0.6 is 0 Å². The van der Waals surface area contributed by atoms with Crippen molar-refractivity contribution < 1.29 is 0 Å². The number of anilines is 1. The van der Waals surface area contributed by atoms with Gasteiger partial charge in [-0.05, 0) is 37.3 Å². The maximum absolute atomic E-state index is 9.06. The molecule has 4 rings (SSSR count). The van der Waals surface area contributed by atoms with E-state index in [0.29, 0.717) is 17.7 Å². The molecule has 0 saturated carbocycles. The van der Waals surface area contributed by atoms with Crippen molar-refractivity contribution in [2.45, 2.75) is 31.8 Å². The highest BCUT2D eigenvalue weighted by Gasteiger charge is 2.36. The van der Waals surface area contributed by atoms with Gasteiger partial charge in [0.1, 0.15) is 23.9 Å². The molecule has 1 aromatic heterocycles. The predicted molar refractivity (Wildman–Crippen MR) is 96.9 cm³/mol. The Balaban J connectivity index is 1.46. The number of benzene rings is 1. The van der Waals surface area contributed by atoms with Crippen LogP contribution in [0.3, 0.4) is 0 Å². The molecular weight excluding hydrogens is 310 g/mol. The highest BCUT2D eigenvalue weighted by atomic mass is 15.2. The molecule has 0 unspecified atom stereocenters. The lowest BCUT2D eigenvalue weighted by Gasteiger charge is -2.47. The van der Waals surface area contributed by atoms with Crippen LogP contribution < -0.4 is 4.90 Å². The number of aromatic nitrogens is 2. The second-order valence-electron chi connectivity index (χ2n) is 7.03. The number of piperidine rings is 2. The van der Waals surface area contributed by atoms with Crippen LogP contribution in [0.2, 0.25) is 0 Å². The van der Waals surface area contributed by atoms with Gasteiger partial charge in [0.25, 0.3) is 0 Å². The zero-order valence-electron chi connectivity index (χ0n) is 14.4. The standard InChI is InChI=1S/C20H23N5/c21-12-18-11-20(23-15-22-18)25-10-8-19-17(14-25)7-4-9-24(19)13-16-5-2-1-3-6-16/h1-3,5-6,11,15,17,19H,4,7-10,13-14H2/t17-,19-/m0/s1. The molecule has 0 radical (unpaired) electrons. The van der Waals surface area contributed by atoms with Gasteiger partial charge in [0.2, 0.25) is 0 Å². The van der Waals surface area contributed by atoms with E-state index in [4.69, 9.17) is 5.26 Å². The number of rotatable bonds is 3. The van der Waals surface area contributed by atoms with E-state index in [0.717, 1.165) is 31.9 Å². The van der Waals surface area contributed by atoms with Crippen molar-refractivity contribution in [3.8, 4) is 6.07 Å². The number of nitriles is 1. The molecule has 2 atom stereocenters. The molecule has 0 bridgehead atoms. The normalized spacial score (nSPS) is 23.7. The van der Waals surface area contributed by atoms with Gasteiger partial charge in [-0.3, -0.25) is 4.90 Å². The Morgan fingerprint density at radius 2 is 2.00 bits per heavy atom. The number of fused-ring (bicyclic) bond motifs is 1. The van der Waals surface area contributed by atoms with Crippen LogP contribution in [0.4, 0.5) is 5.82 Å². The van der Waals surface area contributed by atoms with Crippen LogP contribution in [0.25, 0.3) is 0 Å². The van der Waals surface area contributed by atoms with Gasteiger partial charge in [0.05, 0.1) is 0 Å². The van der Waals surface area contributed by atoms with Gasteiger partial charge in [-0.2, -0.15) is 5.26 Å². The summed E-state index contributed by atoms with van der Waals surface area (Å²) in [6.45, 7) is 4.27. The van der Waals surface area contributed by atoms with Crippen molar-refractivity contribution in [1.82, 2.24) is 14.9 Å². The van der Waals surface area contributed by atoms with Gasteiger partial charge in [-0.15, -0.1) is 0 Å². The highest BCUT2D eigenvalue weighted by Crippen LogP contribution is 2.33. The maximum atomic E-state index is 9.06. The summed E-state index contributed by atoms with van der Waals surface area (Å²) >= 11 is 0. The molecule has 2 aromatic rings. The molecule has 128 valence electrons. The van der Waals surface area contributed by atoms with Crippen molar-refractivity contribution >= 4 is 5.82 Å². The summed E-state index contributed by atoms with van der Waals surface area (Å²) < 4.78 is 0. The Morgan fingerprint density at radius 1 is 1.12 bits per heavy atom.